The van der Waals surface area contributed by atoms with Gasteiger partial charge < -0.3 is 24.1 Å². The molecule has 1 unspecified atom stereocenters. The number of phosphoric acid groups is 1. The van der Waals surface area contributed by atoms with Crippen LogP contribution in [0.2, 0.25) is 0 Å². The first-order valence-corrected chi connectivity index (χ1v) is 7.99. The Labute approximate surface area is 129 Å². The van der Waals surface area contributed by atoms with Crippen LogP contribution in [0.1, 0.15) is 13.8 Å². The number of phosphoric ester groups is 1. The van der Waals surface area contributed by atoms with E-state index in [0.717, 1.165) is 13.8 Å². The molecular formula is C12H24NO8P. The van der Waals surface area contributed by atoms with E-state index < -0.39 is 44.3 Å². The number of hydrogen-bond acceptors (Lipinski definition) is 8. The Hall–Kier alpha value is -0.670. The van der Waals surface area contributed by atoms with Crippen molar-refractivity contribution in [2.45, 2.75) is 25.6 Å². The van der Waals surface area contributed by atoms with Gasteiger partial charge >= 0.3 is 0 Å². The van der Waals surface area contributed by atoms with Crippen LogP contribution in [0.15, 0.2) is 0 Å². The second-order valence-corrected chi connectivity index (χ2v) is 7.39. The lowest BCUT2D eigenvalue weighted by Crippen LogP contribution is -2.58. The van der Waals surface area contributed by atoms with Gasteiger partial charge in [-0.05, 0) is 13.8 Å². The maximum absolute atomic E-state index is 11.9. The molecule has 0 bridgehead atoms. The van der Waals surface area contributed by atoms with Crippen molar-refractivity contribution in [3.63, 3.8) is 0 Å². The first kappa shape index (κ1) is 21.3. The van der Waals surface area contributed by atoms with Crippen LogP contribution >= 0.6 is 7.82 Å². The first-order chi connectivity index (χ1) is 9.76. The number of carbonyl (C=O) groups is 2. The summed E-state index contributed by atoms with van der Waals surface area (Å²) in [5, 5.41) is 17.7. The Morgan fingerprint density at radius 2 is 1.73 bits per heavy atom. The second-order valence-electron chi connectivity index (χ2n) is 6.06. The van der Waals surface area contributed by atoms with E-state index >= 15 is 0 Å². The van der Waals surface area contributed by atoms with Crippen LogP contribution in [0.4, 0.5) is 0 Å². The van der Waals surface area contributed by atoms with E-state index in [0.29, 0.717) is 0 Å². The van der Waals surface area contributed by atoms with E-state index in [1.807, 2.05) is 0 Å². The van der Waals surface area contributed by atoms with Gasteiger partial charge in [0.25, 0.3) is 7.82 Å². The predicted octanol–water partition coefficient (Wildman–Crippen LogP) is -1.54. The fraction of sp³-hybridized carbons (Fsp3) is 0.833. The number of aliphatic hydroxyl groups is 2. The topological polar surface area (TPSA) is 133 Å². The molecule has 22 heavy (non-hydrogen) atoms. The van der Waals surface area contributed by atoms with Crippen molar-refractivity contribution in [1.29, 1.82) is 0 Å². The highest BCUT2D eigenvalue weighted by Gasteiger charge is 2.49. The zero-order valence-electron chi connectivity index (χ0n) is 13.4. The highest BCUT2D eigenvalue weighted by molar-refractivity contribution is 7.46. The average Bonchev–Trinajstić information content (AvgIpc) is 2.32. The number of rotatable bonds is 10. The van der Waals surface area contributed by atoms with E-state index in [-0.39, 0.29) is 11.0 Å². The third kappa shape index (κ3) is 6.62. The Morgan fingerprint density at radius 3 is 2.05 bits per heavy atom. The van der Waals surface area contributed by atoms with Gasteiger partial charge in [0.15, 0.2) is 11.6 Å². The molecule has 0 aliphatic rings. The van der Waals surface area contributed by atoms with Gasteiger partial charge in [-0.1, -0.05) is 0 Å². The van der Waals surface area contributed by atoms with Gasteiger partial charge in [-0.3, -0.25) is 18.7 Å². The lowest BCUT2D eigenvalue weighted by atomic mass is 9.94. The van der Waals surface area contributed by atoms with Crippen molar-refractivity contribution in [1.82, 2.24) is 0 Å². The third-order valence-corrected chi connectivity index (χ3v) is 3.74. The molecule has 0 aliphatic carbocycles. The summed E-state index contributed by atoms with van der Waals surface area (Å²) in [5.41, 5.74) is -2.19. The van der Waals surface area contributed by atoms with Gasteiger partial charge in [-0.25, -0.2) is 0 Å². The molecule has 0 heterocycles. The molecule has 0 aromatic heterocycles. The van der Waals surface area contributed by atoms with Crippen LogP contribution in [-0.4, -0.2) is 78.9 Å². The van der Waals surface area contributed by atoms with Crippen LogP contribution in [0, 0.1) is 0 Å². The molecule has 130 valence electrons. The van der Waals surface area contributed by atoms with Crippen LogP contribution in [0.25, 0.3) is 0 Å². The van der Waals surface area contributed by atoms with Crippen LogP contribution < -0.4 is 4.89 Å². The maximum atomic E-state index is 11.9. The molecule has 10 heteroatoms. The number of likely N-dealkylation sites (N-methyl/N-ethyl adjacent to an activating group) is 1. The molecular weight excluding hydrogens is 317 g/mol. The van der Waals surface area contributed by atoms with Crippen molar-refractivity contribution in [2.24, 2.45) is 0 Å². The SMILES string of the molecule is CC(=O)C(C[N+](C)(C)C)(OP(=O)([O-])OC[C@H](O)CO)C(C)=O. The number of carbonyl (C=O) groups excluding carboxylic acids is 2. The van der Waals surface area contributed by atoms with E-state index in [1.165, 1.54) is 0 Å². The molecule has 2 atom stereocenters. The molecule has 2 N–H and O–H groups in total. The molecule has 0 aliphatic heterocycles. The molecule has 0 aromatic carbocycles. The Balaban J connectivity index is 5.41. The van der Waals surface area contributed by atoms with Gasteiger partial charge in [0.05, 0.1) is 34.4 Å². The lowest BCUT2D eigenvalue weighted by Gasteiger charge is -2.39. The summed E-state index contributed by atoms with van der Waals surface area (Å²) in [7, 11) is -0.0594. The predicted molar refractivity (Wildman–Crippen MR) is 74.7 cm³/mol. The number of Topliss-reactive ketones (excluding diaryl/α,β-unsaturated/α-hetero) is 2. The second kappa shape index (κ2) is 7.74. The third-order valence-electron chi connectivity index (χ3n) is 2.74. The Bertz CT molecular complexity index is 445. The van der Waals surface area contributed by atoms with Crippen LogP contribution in [0.5, 0.6) is 0 Å². The minimum Gasteiger partial charge on any atom is -0.756 e. The summed E-state index contributed by atoms with van der Waals surface area (Å²) < 4.78 is 21.1. The number of quaternary nitrogens is 1. The highest BCUT2D eigenvalue weighted by Crippen LogP contribution is 2.44. The first-order valence-electron chi connectivity index (χ1n) is 6.53. The van der Waals surface area contributed by atoms with E-state index in [1.54, 1.807) is 21.1 Å². The number of nitrogens with zero attached hydrogens (tertiary/aromatic N) is 1. The number of hydrogen-bond donors (Lipinski definition) is 2. The van der Waals surface area contributed by atoms with E-state index in [9.17, 15) is 19.0 Å². The normalized spacial score (nSPS) is 16.9. The van der Waals surface area contributed by atoms with Crippen molar-refractivity contribution in [3.05, 3.63) is 0 Å². The molecule has 0 rings (SSSR count). The van der Waals surface area contributed by atoms with E-state index in [2.05, 4.69) is 4.52 Å². The van der Waals surface area contributed by atoms with Crippen molar-refractivity contribution in [2.75, 3.05) is 40.9 Å². The molecule has 0 amide bonds. The molecule has 0 fully saturated rings. The minimum atomic E-state index is -5.05. The summed E-state index contributed by atoms with van der Waals surface area (Å²) in [6.07, 6.45) is -1.42. The molecule has 0 spiro atoms. The van der Waals surface area contributed by atoms with Gasteiger partial charge in [0.2, 0.25) is 5.60 Å². The van der Waals surface area contributed by atoms with Crippen LogP contribution in [-0.2, 0) is 23.2 Å². The minimum absolute atomic E-state index is 0.0957. The summed E-state index contributed by atoms with van der Waals surface area (Å²) >= 11 is 0. The number of aliphatic hydroxyl groups excluding tert-OH is 2. The molecule has 9 nitrogen and oxygen atoms in total. The van der Waals surface area contributed by atoms with Gasteiger partial charge in [-0.15, -0.1) is 0 Å². The quantitative estimate of drug-likeness (QED) is 0.278. The zero-order valence-corrected chi connectivity index (χ0v) is 14.3. The molecule has 0 aromatic rings. The molecule has 0 saturated carbocycles. The van der Waals surface area contributed by atoms with Gasteiger partial charge in [-0.2, -0.15) is 0 Å². The summed E-state index contributed by atoms with van der Waals surface area (Å²) in [6.45, 7) is 0.450. The summed E-state index contributed by atoms with van der Waals surface area (Å²) in [6, 6.07) is 0. The monoisotopic (exact) mass is 341 g/mol. The molecule has 0 radical (unpaired) electrons. The number of ketones is 2. The van der Waals surface area contributed by atoms with Gasteiger partial charge in [0, 0.05) is 0 Å². The smallest absolute Gasteiger partial charge is 0.269 e. The highest BCUT2D eigenvalue weighted by atomic mass is 31.2. The Morgan fingerprint density at radius 1 is 1.27 bits per heavy atom. The lowest BCUT2D eigenvalue weighted by molar-refractivity contribution is -0.874. The fourth-order valence-electron chi connectivity index (χ4n) is 1.74. The Kier molecular flexibility index (Phi) is 7.50. The average molecular weight is 341 g/mol. The fourth-order valence-corrected chi connectivity index (χ4v) is 2.85. The zero-order chi connectivity index (χ0) is 17.8. The van der Waals surface area contributed by atoms with Crippen molar-refractivity contribution >= 4 is 19.4 Å². The molecule has 0 saturated heterocycles. The van der Waals surface area contributed by atoms with Crippen LogP contribution in [0.3, 0.4) is 0 Å². The van der Waals surface area contributed by atoms with Gasteiger partial charge in [0.1, 0.15) is 12.6 Å². The summed E-state index contributed by atoms with van der Waals surface area (Å²) in [5.74, 6) is -1.54. The van der Waals surface area contributed by atoms with Crippen molar-refractivity contribution < 1.29 is 42.8 Å². The van der Waals surface area contributed by atoms with E-state index in [4.69, 9.17) is 14.7 Å². The maximum Gasteiger partial charge on any atom is 0.269 e. The standard InChI is InChI=1S/C12H24NO8P/c1-9(15)12(10(2)16,8-13(3,4)5)21-22(18,19)20-7-11(17)6-14/h11,14,17H,6-8H2,1-5H3/t11-/m1/s1. The largest absolute Gasteiger partial charge is 0.756 e. The van der Waals surface area contributed by atoms with Crippen molar-refractivity contribution in [3.8, 4) is 0 Å². The summed E-state index contributed by atoms with van der Waals surface area (Å²) in [4.78, 5) is 35.6.